The van der Waals surface area contributed by atoms with Crippen LogP contribution in [-0.4, -0.2) is 55.4 Å². The minimum Gasteiger partial charge on any atom is -0.480 e. The summed E-state index contributed by atoms with van der Waals surface area (Å²) >= 11 is 7.56. The van der Waals surface area contributed by atoms with Crippen LogP contribution in [0.4, 0.5) is 21.9 Å². The molecule has 0 saturated heterocycles. The molecule has 0 bridgehead atoms. The van der Waals surface area contributed by atoms with Gasteiger partial charge in [-0.15, -0.1) is 0 Å². The number of ether oxygens (including phenoxy) is 2. The van der Waals surface area contributed by atoms with Crippen molar-refractivity contribution in [3.63, 3.8) is 0 Å². The molecule has 9 nitrogen and oxygen atoms in total. The lowest BCUT2D eigenvalue weighted by atomic mass is 10.3. The second kappa shape index (κ2) is 9.21. The number of nitrogens with zero attached hydrogens (tertiary/aromatic N) is 4. The Morgan fingerprint density at radius 1 is 1.28 bits per heavy atom. The van der Waals surface area contributed by atoms with Crippen molar-refractivity contribution >= 4 is 56.4 Å². The summed E-state index contributed by atoms with van der Waals surface area (Å²) in [5.74, 6) is 0.285. The van der Waals surface area contributed by atoms with E-state index in [1.54, 1.807) is 19.4 Å². The second-order valence-electron chi connectivity index (χ2n) is 6.12. The number of amides is 2. The van der Waals surface area contributed by atoms with Gasteiger partial charge in [-0.05, 0) is 13.0 Å². The Hall–Kier alpha value is -2.69. The van der Waals surface area contributed by atoms with Gasteiger partial charge in [-0.3, -0.25) is 0 Å². The Morgan fingerprint density at radius 2 is 2.07 bits per heavy atom. The first-order valence-electron chi connectivity index (χ1n) is 8.66. The van der Waals surface area contributed by atoms with Gasteiger partial charge in [0.15, 0.2) is 0 Å². The van der Waals surface area contributed by atoms with Gasteiger partial charge in [0.25, 0.3) is 0 Å². The van der Waals surface area contributed by atoms with Crippen molar-refractivity contribution in [2.24, 2.45) is 0 Å². The van der Waals surface area contributed by atoms with Crippen LogP contribution in [0, 0.1) is 6.92 Å². The first-order chi connectivity index (χ1) is 13.9. The van der Waals surface area contributed by atoms with Crippen molar-refractivity contribution in [3.05, 3.63) is 28.5 Å². The van der Waals surface area contributed by atoms with Crippen molar-refractivity contribution in [1.29, 1.82) is 0 Å². The first-order valence-corrected chi connectivity index (χ1v) is 9.86. The maximum atomic E-state index is 12.6. The molecule has 3 aromatic heterocycles. The molecule has 2 amide bonds. The van der Waals surface area contributed by atoms with Crippen LogP contribution in [0.1, 0.15) is 5.01 Å². The van der Waals surface area contributed by atoms with Crippen LogP contribution in [0.25, 0.3) is 10.3 Å². The zero-order valence-electron chi connectivity index (χ0n) is 16.4. The van der Waals surface area contributed by atoms with E-state index in [0.29, 0.717) is 29.5 Å². The molecule has 0 atom stereocenters. The van der Waals surface area contributed by atoms with Crippen LogP contribution in [0.15, 0.2) is 18.5 Å². The van der Waals surface area contributed by atoms with Gasteiger partial charge in [-0.25, -0.2) is 19.7 Å². The van der Waals surface area contributed by atoms with E-state index < -0.39 is 6.03 Å². The lowest BCUT2D eigenvalue weighted by Crippen LogP contribution is -2.26. The topological polar surface area (TPSA) is 102 Å². The number of anilines is 3. The average molecular weight is 437 g/mol. The highest BCUT2D eigenvalue weighted by Gasteiger charge is 2.18. The maximum Gasteiger partial charge on any atom is 0.323 e. The van der Waals surface area contributed by atoms with Crippen molar-refractivity contribution in [2.75, 3.05) is 50.0 Å². The summed E-state index contributed by atoms with van der Waals surface area (Å²) in [6, 6.07) is 1.10. The summed E-state index contributed by atoms with van der Waals surface area (Å²) in [4.78, 5) is 28.4. The number of urea groups is 1. The molecule has 3 aromatic rings. The molecule has 0 fully saturated rings. The number of nitrogens with one attached hydrogen (secondary N) is 2. The highest BCUT2D eigenvalue weighted by molar-refractivity contribution is 7.18. The fraction of sp³-hybridized carbons (Fsp3) is 0.333. The van der Waals surface area contributed by atoms with E-state index in [1.165, 1.54) is 24.6 Å². The average Bonchev–Trinajstić information content (AvgIpc) is 3.06. The van der Waals surface area contributed by atoms with E-state index in [2.05, 4.69) is 25.6 Å². The summed E-state index contributed by atoms with van der Waals surface area (Å²) in [6.07, 6.45) is 3.08. The van der Waals surface area contributed by atoms with Crippen LogP contribution in [0.3, 0.4) is 0 Å². The Labute approximate surface area is 177 Å². The van der Waals surface area contributed by atoms with E-state index in [9.17, 15) is 4.79 Å². The fourth-order valence-electron chi connectivity index (χ4n) is 2.72. The number of hydrogen-bond donors (Lipinski definition) is 2. The SMILES string of the molecule is COCCN(C)c1c(NC(=O)Nc2cnc(OC)c(Cl)c2)cnc2sc(C)nc12. The van der Waals surface area contributed by atoms with Crippen molar-refractivity contribution in [1.82, 2.24) is 15.0 Å². The molecule has 0 radical (unpaired) electrons. The molecule has 0 aromatic carbocycles. The zero-order chi connectivity index (χ0) is 21.0. The lowest BCUT2D eigenvalue weighted by molar-refractivity contribution is 0.206. The summed E-state index contributed by atoms with van der Waals surface area (Å²) in [5.41, 5.74) is 2.48. The number of likely N-dealkylation sites (N-methyl/N-ethyl adjacent to an activating group) is 1. The molecule has 2 N–H and O–H groups in total. The third-order valence-corrected chi connectivity index (χ3v) is 5.18. The van der Waals surface area contributed by atoms with Crippen molar-refractivity contribution in [3.8, 4) is 5.88 Å². The molecule has 0 aliphatic heterocycles. The highest BCUT2D eigenvalue weighted by Crippen LogP contribution is 2.35. The van der Waals surface area contributed by atoms with Crippen LogP contribution in [-0.2, 0) is 4.74 Å². The van der Waals surface area contributed by atoms with Crippen LogP contribution >= 0.6 is 22.9 Å². The number of carbonyl (C=O) groups excluding carboxylic acids is 1. The van der Waals surface area contributed by atoms with Crippen molar-refractivity contribution in [2.45, 2.75) is 6.92 Å². The number of halogens is 1. The summed E-state index contributed by atoms with van der Waals surface area (Å²) in [6.45, 7) is 3.08. The molecule has 3 heterocycles. The predicted octanol–water partition coefficient (Wildman–Crippen LogP) is 3.78. The number of aromatic nitrogens is 3. The number of carbonyl (C=O) groups is 1. The number of fused-ring (bicyclic) bond motifs is 1. The number of thiazole rings is 1. The van der Waals surface area contributed by atoms with E-state index in [0.717, 1.165) is 21.0 Å². The van der Waals surface area contributed by atoms with Gasteiger partial charge in [-0.1, -0.05) is 22.9 Å². The van der Waals surface area contributed by atoms with Crippen LogP contribution < -0.4 is 20.3 Å². The third-order valence-electron chi connectivity index (χ3n) is 4.03. The maximum absolute atomic E-state index is 12.6. The minimum absolute atomic E-state index is 0.285. The molecule has 0 unspecified atom stereocenters. The highest BCUT2D eigenvalue weighted by atomic mass is 35.5. The molecular weight excluding hydrogens is 416 g/mol. The number of aryl methyl sites for hydroxylation is 1. The molecule has 29 heavy (non-hydrogen) atoms. The van der Waals surface area contributed by atoms with E-state index in [4.69, 9.17) is 21.1 Å². The summed E-state index contributed by atoms with van der Waals surface area (Å²) in [7, 11) is 5.03. The Bertz CT molecular complexity index is 1030. The molecule has 11 heteroatoms. The molecule has 3 rings (SSSR count). The zero-order valence-corrected chi connectivity index (χ0v) is 18.0. The predicted molar refractivity (Wildman–Crippen MR) is 116 cm³/mol. The van der Waals surface area contributed by atoms with Crippen LogP contribution in [0.2, 0.25) is 5.02 Å². The first kappa shape index (κ1) is 21.0. The van der Waals surface area contributed by atoms with Gasteiger partial charge in [0.1, 0.15) is 15.4 Å². The molecule has 0 spiro atoms. The monoisotopic (exact) mass is 436 g/mol. The van der Waals surface area contributed by atoms with E-state index in [-0.39, 0.29) is 5.88 Å². The lowest BCUT2D eigenvalue weighted by Gasteiger charge is -2.22. The van der Waals surface area contributed by atoms with E-state index in [1.807, 2.05) is 18.9 Å². The molecule has 154 valence electrons. The van der Waals surface area contributed by atoms with Crippen LogP contribution in [0.5, 0.6) is 5.88 Å². The van der Waals surface area contributed by atoms with Gasteiger partial charge < -0.3 is 25.0 Å². The Morgan fingerprint density at radius 3 is 2.76 bits per heavy atom. The van der Waals surface area contributed by atoms with Gasteiger partial charge in [-0.2, -0.15) is 0 Å². The number of hydrogen-bond acceptors (Lipinski definition) is 8. The van der Waals surface area contributed by atoms with Gasteiger partial charge in [0.2, 0.25) is 5.88 Å². The minimum atomic E-state index is -0.456. The largest absolute Gasteiger partial charge is 0.480 e. The second-order valence-corrected chi connectivity index (χ2v) is 7.70. The Kier molecular flexibility index (Phi) is 6.68. The van der Waals surface area contributed by atoms with Gasteiger partial charge in [0.05, 0.1) is 48.2 Å². The number of pyridine rings is 2. The number of rotatable bonds is 7. The fourth-order valence-corrected chi connectivity index (χ4v) is 3.72. The van der Waals surface area contributed by atoms with Crippen molar-refractivity contribution < 1.29 is 14.3 Å². The molecule has 0 saturated carbocycles. The third kappa shape index (κ3) is 4.84. The standard InChI is InChI=1S/C18H21ClN6O3S/c1-10-22-14-15(25(2)5-6-27-3)13(9-21-17(14)29-10)24-18(26)23-11-7-12(19)16(28-4)20-8-11/h7-9H,5-6H2,1-4H3,(H2,23,24,26). The summed E-state index contributed by atoms with van der Waals surface area (Å²) < 4.78 is 10.2. The Balaban J connectivity index is 1.86. The molecule has 0 aliphatic carbocycles. The quantitative estimate of drug-likeness (QED) is 0.581. The smallest absolute Gasteiger partial charge is 0.323 e. The molecule has 0 aliphatic rings. The van der Waals surface area contributed by atoms with E-state index >= 15 is 0 Å². The summed E-state index contributed by atoms with van der Waals surface area (Å²) in [5, 5.41) is 6.73. The van der Waals surface area contributed by atoms with Gasteiger partial charge in [0, 0.05) is 20.7 Å². The molecular formula is C18H21ClN6O3S. The normalized spacial score (nSPS) is 10.8. The van der Waals surface area contributed by atoms with Gasteiger partial charge >= 0.3 is 6.03 Å². The number of methoxy groups -OCH3 is 2.